The average Bonchev–Trinajstić information content (AvgIpc) is 3.40. The minimum atomic E-state index is 0.229. The largest absolute Gasteiger partial charge is 0.378 e. The van der Waals surface area contributed by atoms with Crippen LogP contribution in [0.1, 0.15) is 75.1 Å². The highest BCUT2D eigenvalue weighted by molar-refractivity contribution is 6.11. The summed E-state index contributed by atoms with van der Waals surface area (Å²) in [6.45, 7) is 11.1. The molecule has 0 amide bonds. The van der Waals surface area contributed by atoms with Gasteiger partial charge in [0.2, 0.25) is 0 Å². The Labute approximate surface area is 202 Å². The summed E-state index contributed by atoms with van der Waals surface area (Å²) >= 11 is 0. The minimum Gasteiger partial charge on any atom is -0.378 e. The van der Waals surface area contributed by atoms with Gasteiger partial charge in [0.25, 0.3) is 0 Å². The van der Waals surface area contributed by atoms with E-state index in [0.717, 1.165) is 31.8 Å². The van der Waals surface area contributed by atoms with E-state index in [1.54, 1.807) is 6.34 Å². The van der Waals surface area contributed by atoms with Crippen LogP contribution in [0.25, 0.3) is 16.5 Å². The van der Waals surface area contributed by atoms with Crippen LogP contribution in [0.2, 0.25) is 0 Å². The van der Waals surface area contributed by atoms with Crippen LogP contribution in [0, 0.1) is 0 Å². The number of allylic oxidation sites excluding steroid dienone is 3. The maximum absolute atomic E-state index is 5.41. The van der Waals surface area contributed by atoms with E-state index >= 15 is 0 Å². The lowest BCUT2D eigenvalue weighted by Gasteiger charge is -2.41. The van der Waals surface area contributed by atoms with Crippen molar-refractivity contribution in [2.24, 2.45) is 9.98 Å². The molecule has 2 fully saturated rings. The predicted molar refractivity (Wildman–Crippen MR) is 141 cm³/mol. The number of piperidine rings is 1. The van der Waals surface area contributed by atoms with Gasteiger partial charge >= 0.3 is 0 Å². The number of ether oxygens (including phenoxy) is 1. The zero-order chi connectivity index (χ0) is 23.2. The summed E-state index contributed by atoms with van der Waals surface area (Å²) in [5, 5.41) is 1.39. The van der Waals surface area contributed by atoms with Gasteiger partial charge in [0.05, 0.1) is 31.0 Å². The zero-order valence-electron chi connectivity index (χ0n) is 20.7. The van der Waals surface area contributed by atoms with E-state index < -0.39 is 0 Å². The number of aromatic nitrogens is 1. The van der Waals surface area contributed by atoms with Crippen molar-refractivity contribution in [2.75, 3.05) is 26.3 Å². The first-order valence-electron chi connectivity index (χ1n) is 13.0. The molecule has 0 spiro atoms. The van der Waals surface area contributed by atoms with Gasteiger partial charge in [-0.15, -0.1) is 0 Å². The highest BCUT2D eigenvalue weighted by Gasteiger charge is 2.30. The van der Waals surface area contributed by atoms with Crippen molar-refractivity contribution in [3.8, 4) is 0 Å². The molecule has 2 aromatic rings. The van der Waals surface area contributed by atoms with Gasteiger partial charge in [0.1, 0.15) is 6.34 Å². The van der Waals surface area contributed by atoms with Gasteiger partial charge in [-0.3, -0.25) is 9.89 Å². The quantitative estimate of drug-likeness (QED) is 0.628. The molecule has 4 aliphatic rings. The molecule has 5 nitrogen and oxygen atoms in total. The van der Waals surface area contributed by atoms with E-state index in [4.69, 9.17) is 4.74 Å². The summed E-state index contributed by atoms with van der Waals surface area (Å²) in [4.78, 5) is 15.6. The lowest BCUT2D eigenvalue weighted by Crippen LogP contribution is -2.51. The second kappa shape index (κ2) is 8.94. The van der Waals surface area contributed by atoms with Crippen LogP contribution in [-0.2, 0) is 4.74 Å². The summed E-state index contributed by atoms with van der Waals surface area (Å²) in [7, 11) is 0. The van der Waals surface area contributed by atoms with Crippen LogP contribution >= 0.6 is 0 Å². The molecule has 34 heavy (non-hydrogen) atoms. The van der Waals surface area contributed by atoms with Crippen LogP contribution in [0.3, 0.4) is 0 Å². The van der Waals surface area contributed by atoms with Crippen molar-refractivity contribution < 1.29 is 4.74 Å². The van der Waals surface area contributed by atoms with Crippen molar-refractivity contribution in [1.29, 1.82) is 0 Å². The van der Waals surface area contributed by atoms with Crippen molar-refractivity contribution in [2.45, 2.75) is 70.4 Å². The molecule has 178 valence electrons. The Morgan fingerprint density at radius 2 is 1.94 bits per heavy atom. The number of hydrogen-bond acceptors (Lipinski definition) is 4. The van der Waals surface area contributed by atoms with E-state index in [1.807, 2.05) is 0 Å². The van der Waals surface area contributed by atoms with Gasteiger partial charge < -0.3 is 9.72 Å². The van der Waals surface area contributed by atoms with Crippen LogP contribution < -0.4 is 0 Å². The predicted octanol–water partition coefficient (Wildman–Crippen LogP) is 5.84. The van der Waals surface area contributed by atoms with E-state index in [-0.39, 0.29) is 6.04 Å². The molecule has 0 saturated carbocycles. The summed E-state index contributed by atoms with van der Waals surface area (Å²) < 4.78 is 5.41. The third kappa shape index (κ3) is 3.89. The summed E-state index contributed by atoms with van der Waals surface area (Å²) in [6, 6.07) is 8.06. The number of nitrogens with zero attached hydrogens (tertiary/aromatic N) is 3. The van der Waals surface area contributed by atoms with Crippen molar-refractivity contribution in [3.05, 3.63) is 52.7 Å². The molecule has 1 N–H and O–H groups in total. The maximum Gasteiger partial charge on any atom is 0.111 e. The smallest absolute Gasteiger partial charge is 0.111 e. The number of rotatable bonds is 4. The highest BCUT2D eigenvalue weighted by Crippen LogP contribution is 2.38. The Bertz CT molecular complexity index is 1200. The molecule has 4 heterocycles. The Morgan fingerprint density at radius 3 is 2.68 bits per heavy atom. The number of likely N-dealkylation sites (tertiary alicyclic amines) is 1. The molecule has 2 saturated heterocycles. The number of aliphatic imine (C=N–C) groups is 2. The normalized spacial score (nSPS) is 27.5. The third-order valence-corrected chi connectivity index (χ3v) is 8.21. The van der Waals surface area contributed by atoms with Crippen molar-refractivity contribution >= 4 is 28.5 Å². The van der Waals surface area contributed by atoms with Crippen LogP contribution in [0.15, 0.2) is 45.9 Å². The minimum absolute atomic E-state index is 0.229. The summed E-state index contributed by atoms with van der Waals surface area (Å²) in [6.07, 6.45) is 11.0. The fraction of sp³-hybridized carbons (Fsp3) is 0.517. The van der Waals surface area contributed by atoms with Gasteiger partial charge in [0.15, 0.2) is 0 Å². The lowest BCUT2D eigenvalue weighted by molar-refractivity contribution is -0.0712. The fourth-order valence-corrected chi connectivity index (χ4v) is 6.19. The Morgan fingerprint density at radius 1 is 1.12 bits per heavy atom. The second-order valence-electron chi connectivity index (χ2n) is 10.7. The van der Waals surface area contributed by atoms with E-state index in [2.05, 4.69) is 71.0 Å². The maximum atomic E-state index is 5.41. The summed E-state index contributed by atoms with van der Waals surface area (Å²) in [5.74, 6) is 1.10. The average molecular weight is 457 g/mol. The van der Waals surface area contributed by atoms with E-state index in [1.165, 1.54) is 64.8 Å². The molecule has 1 unspecified atom stereocenters. The van der Waals surface area contributed by atoms with Gasteiger partial charge in [-0.05, 0) is 98.0 Å². The van der Waals surface area contributed by atoms with Crippen LogP contribution in [0.4, 0.5) is 0 Å². The first-order chi connectivity index (χ1) is 16.6. The molecule has 1 aliphatic carbocycles. The number of fused-ring (bicyclic) bond motifs is 2. The first kappa shape index (κ1) is 22.0. The number of aromatic amines is 1. The fourth-order valence-electron chi connectivity index (χ4n) is 6.19. The first-order valence-corrected chi connectivity index (χ1v) is 13.0. The van der Waals surface area contributed by atoms with Crippen molar-refractivity contribution in [3.63, 3.8) is 0 Å². The second-order valence-corrected chi connectivity index (χ2v) is 10.7. The lowest BCUT2D eigenvalue weighted by atomic mass is 9.86. The monoisotopic (exact) mass is 456 g/mol. The topological polar surface area (TPSA) is 53.0 Å². The Balaban J connectivity index is 1.32. The zero-order valence-corrected chi connectivity index (χ0v) is 20.7. The standard InChI is InChI=1S/C29H36N4O/c1-18(2)27-24-14-21(20-9-11-33(12-10-20)23-15-34-16-23)7-8-25(24)32-29(27)22-5-4-6-26-28(19(3)13-22)31-17-30-26/h5,7-8,13-14,17-18,20,23,26,32H,4,6,9-12,15-16H2,1-3H3/b19-13-,22-5+. The molecule has 3 aliphatic heterocycles. The molecule has 5 heteroatoms. The molecule has 1 aromatic heterocycles. The summed E-state index contributed by atoms with van der Waals surface area (Å²) in [5.41, 5.74) is 9.13. The van der Waals surface area contributed by atoms with Crippen molar-refractivity contribution in [1.82, 2.24) is 9.88 Å². The van der Waals surface area contributed by atoms with Crippen LogP contribution in [-0.4, -0.2) is 60.3 Å². The van der Waals surface area contributed by atoms with Crippen LogP contribution in [0.5, 0.6) is 0 Å². The van der Waals surface area contributed by atoms with Gasteiger partial charge in [-0.25, -0.2) is 4.99 Å². The number of nitrogens with one attached hydrogen (secondary N) is 1. The Kier molecular flexibility index (Phi) is 5.78. The van der Waals surface area contributed by atoms with Gasteiger partial charge in [-0.2, -0.15) is 0 Å². The molecular formula is C29H36N4O. The van der Waals surface area contributed by atoms with E-state index in [0.29, 0.717) is 17.9 Å². The number of benzene rings is 1. The number of hydrogen-bond donors (Lipinski definition) is 1. The molecule has 1 atom stereocenters. The molecule has 1 aromatic carbocycles. The SMILES string of the molecule is C/C1=C/C(c2[nH]c3ccc(C4CCN(C5COC5)CC4)cc3c2C(C)C)=C\CCC2N=CN=C12. The molecule has 6 rings (SSSR count). The molecular weight excluding hydrogens is 420 g/mol. The highest BCUT2D eigenvalue weighted by atomic mass is 16.5. The van der Waals surface area contributed by atoms with Gasteiger partial charge in [-0.1, -0.05) is 26.0 Å². The van der Waals surface area contributed by atoms with E-state index in [9.17, 15) is 0 Å². The van der Waals surface area contributed by atoms with Gasteiger partial charge in [0, 0.05) is 16.6 Å². The number of H-pyrrole nitrogens is 1. The third-order valence-electron chi connectivity index (χ3n) is 8.21. The molecule has 0 radical (unpaired) electrons. The Hall–Kier alpha value is -2.50. The molecule has 0 bridgehead atoms.